The van der Waals surface area contributed by atoms with Crippen LogP contribution in [0.5, 0.6) is 0 Å². The van der Waals surface area contributed by atoms with Crippen LogP contribution >= 0.6 is 0 Å². The van der Waals surface area contributed by atoms with Gasteiger partial charge in [-0.05, 0) is 68.0 Å². The molecule has 0 atom stereocenters. The highest BCUT2D eigenvalue weighted by Crippen LogP contribution is 2.27. The van der Waals surface area contributed by atoms with Crippen molar-refractivity contribution in [3.63, 3.8) is 0 Å². The molecular formula is C28H27N3O3. The van der Waals surface area contributed by atoms with Crippen LogP contribution in [0.2, 0.25) is 0 Å². The standard InChI is InChI=1S/C28H27N3O3/c32-27(21-7-3-1-4-8-21)29-23-12-13-24-25(30-34-26(24)19-23)14-11-20-15-17-31(18-16-20)28(33)22-9-5-2-6-10-22/h1-10,12-13,19-20H,11,14-18H2,(H,29,32). The molecule has 6 heteroatoms. The van der Waals surface area contributed by atoms with Gasteiger partial charge in [-0.3, -0.25) is 9.59 Å². The number of amides is 2. The molecular weight excluding hydrogens is 426 g/mol. The number of piperidine rings is 1. The minimum atomic E-state index is -0.156. The molecule has 0 saturated carbocycles. The van der Waals surface area contributed by atoms with Gasteiger partial charge in [0, 0.05) is 41.4 Å². The average Bonchev–Trinajstić information content (AvgIpc) is 3.30. The lowest BCUT2D eigenvalue weighted by Gasteiger charge is -2.32. The molecule has 1 aliphatic rings. The lowest BCUT2D eigenvalue weighted by molar-refractivity contribution is 0.0686. The molecule has 0 bridgehead atoms. The smallest absolute Gasteiger partial charge is 0.255 e. The molecule has 1 aromatic heterocycles. The van der Waals surface area contributed by atoms with Crippen LogP contribution in [0.15, 0.2) is 83.4 Å². The summed E-state index contributed by atoms with van der Waals surface area (Å²) in [6, 6.07) is 24.3. The third-order valence-corrected chi connectivity index (χ3v) is 6.55. The van der Waals surface area contributed by atoms with Gasteiger partial charge in [-0.15, -0.1) is 0 Å². The topological polar surface area (TPSA) is 75.4 Å². The number of aromatic nitrogens is 1. The van der Waals surface area contributed by atoms with E-state index in [4.69, 9.17) is 4.52 Å². The first-order valence-corrected chi connectivity index (χ1v) is 11.8. The summed E-state index contributed by atoms with van der Waals surface area (Å²) in [4.78, 5) is 27.0. The number of anilines is 1. The summed E-state index contributed by atoms with van der Waals surface area (Å²) < 4.78 is 5.56. The second-order valence-electron chi connectivity index (χ2n) is 8.80. The van der Waals surface area contributed by atoms with Crippen molar-refractivity contribution in [2.45, 2.75) is 25.7 Å². The Labute approximate surface area is 198 Å². The predicted octanol–water partition coefficient (Wildman–Crippen LogP) is 5.57. The van der Waals surface area contributed by atoms with Gasteiger partial charge in [0.05, 0.1) is 5.69 Å². The summed E-state index contributed by atoms with van der Waals surface area (Å²) in [6.45, 7) is 1.59. The van der Waals surface area contributed by atoms with Crippen molar-refractivity contribution in [1.82, 2.24) is 10.1 Å². The highest BCUT2D eigenvalue weighted by molar-refractivity contribution is 6.05. The summed E-state index contributed by atoms with van der Waals surface area (Å²) >= 11 is 0. The molecule has 0 unspecified atom stereocenters. The number of carbonyl (C=O) groups excluding carboxylic acids is 2. The molecule has 1 saturated heterocycles. The quantitative estimate of drug-likeness (QED) is 0.414. The van der Waals surface area contributed by atoms with Crippen molar-refractivity contribution >= 4 is 28.5 Å². The normalized spacial score (nSPS) is 14.3. The predicted molar refractivity (Wildman–Crippen MR) is 132 cm³/mol. The fourth-order valence-corrected chi connectivity index (χ4v) is 4.57. The highest BCUT2D eigenvalue weighted by atomic mass is 16.5. The molecule has 3 aromatic carbocycles. The van der Waals surface area contributed by atoms with Gasteiger partial charge in [-0.2, -0.15) is 0 Å². The number of hydrogen-bond donors (Lipinski definition) is 1. The molecule has 0 radical (unpaired) electrons. The van der Waals surface area contributed by atoms with E-state index < -0.39 is 0 Å². The number of carbonyl (C=O) groups is 2. The number of nitrogens with zero attached hydrogens (tertiary/aromatic N) is 2. The SMILES string of the molecule is O=C(Nc1ccc2c(CCC3CCN(C(=O)c4ccccc4)CC3)noc2c1)c1ccccc1. The zero-order valence-electron chi connectivity index (χ0n) is 18.9. The summed E-state index contributed by atoms with van der Waals surface area (Å²) in [7, 11) is 0. The van der Waals surface area contributed by atoms with E-state index in [-0.39, 0.29) is 11.8 Å². The number of rotatable bonds is 6. The Morgan fingerprint density at radius 1 is 0.912 bits per heavy atom. The number of likely N-dealkylation sites (tertiary alicyclic amines) is 1. The first kappa shape index (κ1) is 21.9. The fraction of sp³-hybridized carbons (Fsp3) is 0.250. The van der Waals surface area contributed by atoms with Crippen molar-refractivity contribution in [2.75, 3.05) is 18.4 Å². The van der Waals surface area contributed by atoms with E-state index in [0.717, 1.165) is 55.4 Å². The van der Waals surface area contributed by atoms with Crippen LogP contribution in [0.3, 0.4) is 0 Å². The minimum Gasteiger partial charge on any atom is -0.356 e. The van der Waals surface area contributed by atoms with Crippen molar-refractivity contribution in [3.05, 3.63) is 95.7 Å². The number of aryl methyl sites for hydroxylation is 1. The largest absolute Gasteiger partial charge is 0.356 e. The number of hydrogen-bond acceptors (Lipinski definition) is 4. The molecule has 0 spiro atoms. The molecule has 1 N–H and O–H groups in total. The summed E-state index contributed by atoms with van der Waals surface area (Å²) in [5, 5.41) is 8.18. The Morgan fingerprint density at radius 3 is 2.29 bits per heavy atom. The molecule has 1 aliphatic heterocycles. The van der Waals surface area contributed by atoms with Crippen molar-refractivity contribution in [1.29, 1.82) is 0 Å². The Balaban J connectivity index is 1.15. The molecule has 4 aromatic rings. The van der Waals surface area contributed by atoms with Crippen LogP contribution < -0.4 is 5.32 Å². The third kappa shape index (κ3) is 4.86. The van der Waals surface area contributed by atoms with E-state index in [1.54, 1.807) is 12.1 Å². The van der Waals surface area contributed by atoms with Crippen LogP contribution in [-0.2, 0) is 6.42 Å². The Kier molecular flexibility index (Phi) is 6.38. The van der Waals surface area contributed by atoms with E-state index in [1.807, 2.05) is 71.6 Å². The third-order valence-electron chi connectivity index (χ3n) is 6.55. The highest BCUT2D eigenvalue weighted by Gasteiger charge is 2.24. The van der Waals surface area contributed by atoms with Crippen molar-refractivity contribution < 1.29 is 14.1 Å². The van der Waals surface area contributed by atoms with Gasteiger partial charge in [0.25, 0.3) is 11.8 Å². The van der Waals surface area contributed by atoms with Crippen molar-refractivity contribution in [3.8, 4) is 0 Å². The zero-order chi connectivity index (χ0) is 23.3. The minimum absolute atomic E-state index is 0.122. The van der Waals surface area contributed by atoms with Gasteiger partial charge in [0.2, 0.25) is 0 Å². The average molecular weight is 454 g/mol. The maximum atomic E-state index is 12.6. The van der Waals surface area contributed by atoms with Crippen molar-refractivity contribution in [2.24, 2.45) is 5.92 Å². The summed E-state index contributed by atoms with van der Waals surface area (Å²) in [5.74, 6) is 0.532. The van der Waals surface area contributed by atoms with Gasteiger partial charge in [-0.25, -0.2) is 0 Å². The Hall–Kier alpha value is -3.93. The maximum Gasteiger partial charge on any atom is 0.255 e. The maximum absolute atomic E-state index is 12.6. The molecule has 5 rings (SSSR count). The van der Waals surface area contributed by atoms with Gasteiger partial charge in [-0.1, -0.05) is 41.6 Å². The molecule has 6 nitrogen and oxygen atoms in total. The lowest BCUT2D eigenvalue weighted by Crippen LogP contribution is -2.38. The second-order valence-corrected chi connectivity index (χ2v) is 8.80. The van der Waals surface area contributed by atoms with Gasteiger partial charge >= 0.3 is 0 Å². The van der Waals surface area contributed by atoms with Crippen LogP contribution in [0.4, 0.5) is 5.69 Å². The molecule has 172 valence electrons. The van der Waals surface area contributed by atoms with Crippen LogP contribution in [0.25, 0.3) is 11.0 Å². The molecule has 2 amide bonds. The van der Waals surface area contributed by atoms with E-state index in [9.17, 15) is 9.59 Å². The van der Waals surface area contributed by atoms with Crippen LogP contribution in [0.1, 0.15) is 45.7 Å². The van der Waals surface area contributed by atoms with Gasteiger partial charge < -0.3 is 14.7 Å². The Bertz CT molecular complexity index is 1280. The first-order valence-electron chi connectivity index (χ1n) is 11.8. The van der Waals surface area contributed by atoms with Crippen LogP contribution in [0, 0.1) is 5.92 Å². The van der Waals surface area contributed by atoms with E-state index in [2.05, 4.69) is 10.5 Å². The first-order chi connectivity index (χ1) is 16.7. The summed E-state index contributed by atoms with van der Waals surface area (Å²) in [5.41, 5.74) is 3.66. The number of nitrogens with one attached hydrogen (secondary N) is 1. The zero-order valence-corrected chi connectivity index (χ0v) is 18.9. The fourth-order valence-electron chi connectivity index (χ4n) is 4.57. The molecule has 2 heterocycles. The second kappa shape index (κ2) is 9.91. The molecule has 1 fully saturated rings. The van der Waals surface area contributed by atoms with Gasteiger partial charge in [0.15, 0.2) is 5.58 Å². The summed E-state index contributed by atoms with van der Waals surface area (Å²) in [6.07, 6.45) is 3.86. The number of fused-ring (bicyclic) bond motifs is 1. The monoisotopic (exact) mass is 453 g/mol. The molecule has 0 aliphatic carbocycles. The van der Waals surface area contributed by atoms with Crippen LogP contribution in [-0.4, -0.2) is 35.0 Å². The van der Waals surface area contributed by atoms with E-state index in [0.29, 0.717) is 22.8 Å². The molecule has 34 heavy (non-hydrogen) atoms. The Morgan fingerprint density at radius 2 is 1.59 bits per heavy atom. The number of benzene rings is 3. The van der Waals surface area contributed by atoms with E-state index >= 15 is 0 Å². The van der Waals surface area contributed by atoms with E-state index in [1.165, 1.54) is 0 Å². The lowest BCUT2D eigenvalue weighted by atomic mass is 9.91. The van der Waals surface area contributed by atoms with Gasteiger partial charge in [0.1, 0.15) is 0 Å².